The molecule has 7 nitrogen and oxygen atoms in total. The largest absolute Gasteiger partial charge is 0.442 e. The zero-order valence-corrected chi connectivity index (χ0v) is 16.6. The quantitative estimate of drug-likeness (QED) is 0.776. The van der Waals surface area contributed by atoms with Crippen molar-refractivity contribution in [2.45, 2.75) is 26.4 Å². The Kier molecular flexibility index (Phi) is 6.15. The van der Waals surface area contributed by atoms with Gasteiger partial charge in [-0.3, -0.25) is 9.69 Å². The summed E-state index contributed by atoms with van der Waals surface area (Å²) in [5.41, 5.74) is 1.92. The Morgan fingerprint density at radius 3 is 2.41 bits per heavy atom. The van der Waals surface area contributed by atoms with Crippen LogP contribution in [0, 0.1) is 0 Å². The predicted molar refractivity (Wildman–Crippen MR) is 109 cm³/mol. The Labute approximate surface area is 165 Å². The first-order valence-corrected chi connectivity index (χ1v) is 9.74. The van der Waals surface area contributed by atoms with Gasteiger partial charge in [-0.1, -0.05) is 19.1 Å². The number of anilines is 2. The van der Waals surface area contributed by atoms with Crippen LogP contribution in [0.3, 0.4) is 0 Å². The van der Waals surface area contributed by atoms with Crippen molar-refractivity contribution in [3.63, 3.8) is 0 Å². The second kappa shape index (κ2) is 8.56. The second-order valence-corrected chi connectivity index (χ2v) is 7.28. The van der Waals surface area contributed by atoms with Gasteiger partial charge >= 0.3 is 6.09 Å². The third kappa shape index (κ3) is 4.68. The lowest BCUT2D eigenvalue weighted by Crippen LogP contribution is -2.48. The van der Waals surface area contributed by atoms with Gasteiger partial charge in [-0.15, -0.1) is 0 Å². The van der Waals surface area contributed by atoms with Crippen molar-refractivity contribution >= 4 is 40.6 Å². The number of ether oxygens (including phenoxy) is 1. The number of thiocarbonyl (C=S) groups is 1. The summed E-state index contributed by atoms with van der Waals surface area (Å²) in [5, 5.41) is 3.12. The summed E-state index contributed by atoms with van der Waals surface area (Å²) in [4.78, 5) is 30.2. The smallest absolute Gasteiger partial charge is 0.414 e. The molecule has 1 N–H and O–H groups in total. The number of hydrogen-bond acceptors (Lipinski definition) is 5. The van der Waals surface area contributed by atoms with Crippen LogP contribution in [-0.2, 0) is 9.53 Å². The molecule has 2 amide bonds. The highest BCUT2D eigenvalue weighted by Crippen LogP contribution is 2.25. The van der Waals surface area contributed by atoms with E-state index in [1.807, 2.05) is 36.1 Å². The molecule has 0 radical (unpaired) electrons. The van der Waals surface area contributed by atoms with E-state index in [9.17, 15) is 9.59 Å². The van der Waals surface area contributed by atoms with E-state index < -0.39 is 0 Å². The van der Waals surface area contributed by atoms with E-state index in [0.717, 1.165) is 49.0 Å². The number of amides is 2. The minimum absolute atomic E-state index is 0.126. The molecule has 27 heavy (non-hydrogen) atoms. The molecule has 8 heteroatoms. The van der Waals surface area contributed by atoms with Crippen LogP contribution in [0.1, 0.15) is 20.3 Å². The van der Waals surface area contributed by atoms with Crippen molar-refractivity contribution in [1.82, 2.24) is 10.2 Å². The number of carbonyl (C=O) groups is 2. The van der Waals surface area contributed by atoms with Gasteiger partial charge in [-0.2, -0.15) is 0 Å². The molecule has 2 saturated heterocycles. The van der Waals surface area contributed by atoms with E-state index in [1.165, 1.54) is 0 Å². The highest BCUT2D eigenvalue weighted by molar-refractivity contribution is 7.80. The van der Waals surface area contributed by atoms with Crippen LogP contribution in [0.2, 0.25) is 0 Å². The van der Waals surface area contributed by atoms with Gasteiger partial charge in [0.25, 0.3) is 0 Å². The van der Waals surface area contributed by atoms with Gasteiger partial charge in [0.15, 0.2) is 0 Å². The molecule has 0 aliphatic carbocycles. The first-order chi connectivity index (χ1) is 13.0. The lowest BCUT2D eigenvalue weighted by Gasteiger charge is -2.35. The number of nitrogens with one attached hydrogen (secondary N) is 1. The number of cyclic esters (lactones) is 1. The molecule has 2 aliphatic rings. The maximum absolute atomic E-state index is 12.2. The molecular weight excluding hydrogens is 364 g/mol. The molecule has 1 aromatic rings. The van der Waals surface area contributed by atoms with Gasteiger partial charge < -0.3 is 19.9 Å². The Hall–Kier alpha value is -2.35. The van der Waals surface area contributed by atoms with E-state index >= 15 is 0 Å². The highest BCUT2D eigenvalue weighted by atomic mass is 32.1. The van der Waals surface area contributed by atoms with Gasteiger partial charge in [0, 0.05) is 44.5 Å². The molecule has 1 aromatic carbocycles. The zero-order chi connectivity index (χ0) is 19.4. The molecule has 0 saturated carbocycles. The van der Waals surface area contributed by atoms with Crippen LogP contribution in [0.15, 0.2) is 24.3 Å². The van der Waals surface area contributed by atoms with Crippen LogP contribution in [-0.4, -0.2) is 67.3 Å². The summed E-state index contributed by atoms with van der Waals surface area (Å²) in [6, 6.07) is 7.93. The van der Waals surface area contributed by atoms with E-state index in [2.05, 4.69) is 10.2 Å². The Morgan fingerprint density at radius 1 is 1.19 bits per heavy atom. The summed E-state index contributed by atoms with van der Waals surface area (Å²) in [5.74, 6) is 0.126. The van der Waals surface area contributed by atoms with Crippen LogP contribution >= 0.6 is 12.2 Å². The van der Waals surface area contributed by atoms with Gasteiger partial charge in [0.1, 0.15) is 6.10 Å². The van der Waals surface area contributed by atoms with Crippen LogP contribution in [0.4, 0.5) is 16.2 Å². The zero-order valence-electron chi connectivity index (χ0n) is 15.8. The molecule has 0 aromatic heterocycles. The number of nitrogens with zero attached hydrogens (tertiary/aromatic N) is 3. The second-order valence-electron chi connectivity index (χ2n) is 6.78. The summed E-state index contributed by atoms with van der Waals surface area (Å²) in [6.07, 6.45) is 0.246. The number of carbonyl (C=O) groups excluding carboxylic acids is 2. The van der Waals surface area contributed by atoms with Crippen molar-refractivity contribution in [2.75, 3.05) is 49.1 Å². The topological polar surface area (TPSA) is 65.1 Å². The van der Waals surface area contributed by atoms with E-state index in [-0.39, 0.29) is 18.1 Å². The Balaban J connectivity index is 1.56. The van der Waals surface area contributed by atoms with Crippen molar-refractivity contribution in [3.05, 3.63) is 24.3 Å². The van der Waals surface area contributed by atoms with Gasteiger partial charge in [-0.25, -0.2) is 4.79 Å². The van der Waals surface area contributed by atoms with Gasteiger partial charge in [0.2, 0.25) is 5.91 Å². The van der Waals surface area contributed by atoms with Crippen LogP contribution in [0.5, 0.6) is 0 Å². The molecule has 1 unspecified atom stereocenters. The minimum atomic E-state index is -0.327. The normalized spacial score (nSPS) is 19.9. The standard InChI is InChI=1S/C19H26N4O3S/c1-3-18(27)20-12-17-13-23(19(25)26-17)16-6-4-15(5-7-16)22-10-8-21(9-11-22)14(2)24/h4-7,17H,3,8-13H2,1-2H3,(H,20,27). The van der Waals surface area contributed by atoms with Gasteiger partial charge in [-0.05, 0) is 30.7 Å². The monoisotopic (exact) mass is 390 g/mol. The molecule has 3 rings (SSSR count). The molecule has 2 heterocycles. The maximum atomic E-state index is 12.2. The van der Waals surface area contributed by atoms with Crippen LogP contribution < -0.4 is 15.1 Å². The number of rotatable bonds is 5. The summed E-state index contributed by atoms with van der Waals surface area (Å²) in [6.45, 7) is 7.75. The molecule has 2 fully saturated rings. The molecule has 0 spiro atoms. The minimum Gasteiger partial charge on any atom is -0.442 e. The molecule has 1 atom stereocenters. The Morgan fingerprint density at radius 2 is 1.81 bits per heavy atom. The predicted octanol–water partition coefficient (Wildman–Crippen LogP) is 2.01. The van der Waals surface area contributed by atoms with Crippen molar-refractivity contribution in [3.8, 4) is 0 Å². The number of hydrogen-bond donors (Lipinski definition) is 1. The summed E-state index contributed by atoms with van der Waals surface area (Å²) >= 11 is 5.15. The average molecular weight is 391 g/mol. The van der Waals surface area contributed by atoms with E-state index in [4.69, 9.17) is 17.0 Å². The fourth-order valence-electron chi connectivity index (χ4n) is 3.31. The molecular formula is C19H26N4O3S. The highest BCUT2D eigenvalue weighted by Gasteiger charge is 2.32. The fraction of sp³-hybridized carbons (Fsp3) is 0.526. The maximum Gasteiger partial charge on any atom is 0.414 e. The van der Waals surface area contributed by atoms with Crippen molar-refractivity contribution in [2.24, 2.45) is 0 Å². The SMILES string of the molecule is CCC(=S)NCC1CN(c2ccc(N3CCN(C(C)=O)CC3)cc2)C(=O)O1. The first-order valence-electron chi connectivity index (χ1n) is 9.33. The van der Waals surface area contributed by atoms with E-state index in [0.29, 0.717) is 13.1 Å². The third-order valence-corrected chi connectivity index (χ3v) is 5.41. The molecule has 2 aliphatic heterocycles. The fourth-order valence-corrected chi connectivity index (χ4v) is 3.40. The average Bonchev–Trinajstić information content (AvgIpc) is 3.07. The van der Waals surface area contributed by atoms with Crippen LogP contribution in [0.25, 0.3) is 0 Å². The van der Waals surface area contributed by atoms with Crippen molar-refractivity contribution < 1.29 is 14.3 Å². The number of piperazine rings is 1. The number of benzene rings is 1. The molecule has 0 bridgehead atoms. The lowest BCUT2D eigenvalue weighted by molar-refractivity contribution is -0.129. The third-order valence-electron chi connectivity index (χ3n) is 4.97. The van der Waals surface area contributed by atoms with Crippen molar-refractivity contribution in [1.29, 1.82) is 0 Å². The van der Waals surface area contributed by atoms with E-state index in [1.54, 1.807) is 11.8 Å². The summed E-state index contributed by atoms with van der Waals surface area (Å²) < 4.78 is 5.42. The lowest BCUT2D eigenvalue weighted by atomic mass is 10.2. The Bertz CT molecular complexity index is 701. The molecule has 146 valence electrons. The first kappa shape index (κ1) is 19.4. The van der Waals surface area contributed by atoms with Gasteiger partial charge in [0.05, 0.1) is 18.1 Å². The summed E-state index contributed by atoms with van der Waals surface area (Å²) in [7, 11) is 0.